The van der Waals surface area contributed by atoms with Gasteiger partial charge in [0.25, 0.3) is 0 Å². The van der Waals surface area contributed by atoms with Crippen molar-refractivity contribution in [3.8, 4) is 11.1 Å². The van der Waals surface area contributed by atoms with Gasteiger partial charge in [-0.2, -0.15) is 5.10 Å². The second-order valence-corrected chi connectivity index (χ2v) is 4.84. The van der Waals surface area contributed by atoms with E-state index in [4.69, 9.17) is 0 Å². The monoisotopic (exact) mass is 243 g/mol. The van der Waals surface area contributed by atoms with E-state index >= 15 is 0 Å². The third-order valence-corrected chi connectivity index (χ3v) is 3.19. The number of nitrogens with one attached hydrogen (secondary N) is 1. The van der Waals surface area contributed by atoms with Crippen LogP contribution >= 0.6 is 0 Å². The summed E-state index contributed by atoms with van der Waals surface area (Å²) in [6.07, 6.45) is 3.07. The summed E-state index contributed by atoms with van der Waals surface area (Å²) in [5.41, 5.74) is 6.33. The maximum atomic E-state index is 4.56. The van der Waals surface area contributed by atoms with Crippen LogP contribution in [0.2, 0.25) is 0 Å². The second kappa shape index (κ2) is 5.36. The zero-order valence-electron chi connectivity index (χ0n) is 11.6. The quantitative estimate of drug-likeness (QED) is 0.894. The first-order valence-corrected chi connectivity index (χ1v) is 6.36. The molecule has 1 N–H and O–H groups in total. The molecule has 3 nitrogen and oxygen atoms in total. The Hall–Kier alpha value is -1.61. The normalized spacial score (nSPS) is 10.9. The minimum atomic E-state index is 0.953. The van der Waals surface area contributed by atoms with Gasteiger partial charge in [-0.25, -0.2) is 0 Å². The molecule has 1 aromatic carbocycles. The molecule has 0 amide bonds. The first-order valence-electron chi connectivity index (χ1n) is 6.36. The number of nitrogens with zero attached hydrogens (tertiary/aromatic N) is 2. The average molecular weight is 243 g/mol. The van der Waals surface area contributed by atoms with Gasteiger partial charge in [0.2, 0.25) is 0 Å². The highest BCUT2D eigenvalue weighted by atomic mass is 15.3. The fourth-order valence-corrected chi connectivity index (χ4v) is 2.30. The lowest BCUT2D eigenvalue weighted by Gasteiger charge is -2.07. The second-order valence-electron chi connectivity index (χ2n) is 4.84. The van der Waals surface area contributed by atoms with E-state index in [0.29, 0.717) is 0 Å². The summed E-state index contributed by atoms with van der Waals surface area (Å²) in [7, 11) is 3.95. The molecule has 0 spiro atoms. The fraction of sp³-hybridized carbons (Fsp3) is 0.400. The number of benzene rings is 1. The molecule has 0 atom stereocenters. The molecule has 96 valence electrons. The molecule has 0 aliphatic rings. The molecule has 0 saturated heterocycles. The summed E-state index contributed by atoms with van der Waals surface area (Å²) in [5, 5.41) is 7.74. The summed E-state index contributed by atoms with van der Waals surface area (Å²) in [6.45, 7) is 5.24. The Labute approximate surface area is 109 Å². The third kappa shape index (κ3) is 2.62. The van der Waals surface area contributed by atoms with Crippen LogP contribution in [-0.2, 0) is 13.5 Å². The zero-order chi connectivity index (χ0) is 13.1. The molecule has 0 fully saturated rings. The summed E-state index contributed by atoms with van der Waals surface area (Å²) in [5.74, 6) is 0. The highest BCUT2D eigenvalue weighted by Gasteiger charge is 2.11. The van der Waals surface area contributed by atoms with Gasteiger partial charge in [-0.3, -0.25) is 4.68 Å². The highest BCUT2D eigenvalue weighted by molar-refractivity contribution is 5.69. The molecule has 1 aromatic heterocycles. The van der Waals surface area contributed by atoms with Crippen LogP contribution in [0.4, 0.5) is 0 Å². The van der Waals surface area contributed by atoms with Crippen LogP contribution in [-0.4, -0.2) is 23.4 Å². The molecular weight excluding hydrogens is 222 g/mol. The maximum Gasteiger partial charge on any atom is 0.0715 e. The average Bonchev–Trinajstić information content (AvgIpc) is 2.67. The van der Waals surface area contributed by atoms with E-state index in [9.17, 15) is 0 Å². The molecule has 0 aliphatic heterocycles. The van der Waals surface area contributed by atoms with Crippen molar-refractivity contribution in [2.75, 3.05) is 13.6 Å². The highest BCUT2D eigenvalue weighted by Crippen LogP contribution is 2.27. The van der Waals surface area contributed by atoms with Crippen LogP contribution in [0.1, 0.15) is 16.8 Å². The molecule has 3 heteroatoms. The van der Waals surface area contributed by atoms with Gasteiger partial charge >= 0.3 is 0 Å². The van der Waals surface area contributed by atoms with Gasteiger partial charge in [0.15, 0.2) is 0 Å². The van der Waals surface area contributed by atoms with E-state index in [2.05, 4.69) is 48.7 Å². The zero-order valence-corrected chi connectivity index (χ0v) is 11.6. The Bertz CT molecular complexity index is 541. The van der Waals surface area contributed by atoms with Gasteiger partial charge < -0.3 is 5.32 Å². The van der Waals surface area contributed by atoms with Gasteiger partial charge in [0.05, 0.1) is 5.69 Å². The summed E-state index contributed by atoms with van der Waals surface area (Å²) in [4.78, 5) is 0. The van der Waals surface area contributed by atoms with Crippen LogP contribution in [0.3, 0.4) is 0 Å². The molecule has 0 aliphatic carbocycles. The van der Waals surface area contributed by atoms with Gasteiger partial charge in [-0.15, -0.1) is 0 Å². The molecule has 1 heterocycles. The first kappa shape index (κ1) is 12.8. The number of likely N-dealkylation sites (N-methyl/N-ethyl adjacent to an activating group) is 1. The van der Waals surface area contributed by atoms with Crippen molar-refractivity contribution in [1.29, 1.82) is 0 Å². The van der Waals surface area contributed by atoms with Crippen molar-refractivity contribution in [2.45, 2.75) is 20.3 Å². The van der Waals surface area contributed by atoms with E-state index in [-0.39, 0.29) is 0 Å². The van der Waals surface area contributed by atoms with Gasteiger partial charge in [0.1, 0.15) is 0 Å². The number of aromatic nitrogens is 2. The summed E-state index contributed by atoms with van der Waals surface area (Å²) < 4.78 is 1.90. The van der Waals surface area contributed by atoms with Gasteiger partial charge in [-0.05, 0) is 32.0 Å². The van der Waals surface area contributed by atoms with Crippen molar-refractivity contribution in [3.05, 3.63) is 41.2 Å². The van der Waals surface area contributed by atoms with Crippen molar-refractivity contribution in [3.63, 3.8) is 0 Å². The van der Waals surface area contributed by atoms with Crippen molar-refractivity contribution >= 4 is 0 Å². The van der Waals surface area contributed by atoms with E-state index in [1.54, 1.807) is 0 Å². The van der Waals surface area contributed by atoms with Gasteiger partial charge in [-0.1, -0.05) is 23.8 Å². The van der Waals surface area contributed by atoms with Crippen molar-refractivity contribution < 1.29 is 0 Å². The fourth-order valence-electron chi connectivity index (χ4n) is 2.30. The van der Waals surface area contributed by atoms with E-state index in [1.807, 2.05) is 18.8 Å². The topological polar surface area (TPSA) is 29.9 Å². The SMILES string of the molecule is CNCCc1nn(C)cc1-c1ccc(C)cc1C. The number of hydrogen-bond acceptors (Lipinski definition) is 2. The van der Waals surface area contributed by atoms with E-state index < -0.39 is 0 Å². The molecule has 18 heavy (non-hydrogen) atoms. The van der Waals surface area contributed by atoms with Crippen LogP contribution in [0.5, 0.6) is 0 Å². The molecule has 0 radical (unpaired) electrons. The Morgan fingerprint density at radius 2 is 2.00 bits per heavy atom. The number of rotatable bonds is 4. The lowest BCUT2D eigenvalue weighted by molar-refractivity contribution is 0.717. The van der Waals surface area contributed by atoms with Gasteiger partial charge in [0, 0.05) is 31.8 Å². The smallest absolute Gasteiger partial charge is 0.0715 e. The predicted octanol–water partition coefficient (Wildman–Crippen LogP) is 2.47. The minimum absolute atomic E-state index is 0.953. The molecule has 0 bridgehead atoms. The summed E-state index contributed by atoms with van der Waals surface area (Å²) in [6, 6.07) is 6.59. The van der Waals surface area contributed by atoms with Crippen LogP contribution in [0.15, 0.2) is 24.4 Å². The maximum absolute atomic E-state index is 4.56. The van der Waals surface area contributed by atoms with E-state index in [1.165, 1.54) is 27.9 Å². The lowest BCUT2D eigenvalue weighted by Crippen LogP contribution is -2.11. The Morgan fingerprint density at radius 3 is 2.67 bits per heavy atom. The molecule has 0 saturated carbocycles. The van der Waals surface area contributed by atoms with Crippen LogP contribution < -0.4 is 5.32 Å². The van der Waals surface area contributed by atoms with E-state index in [0.717, 1.165) is 13.0 Å². The minimum Gasteiger partial charge on any atom is -0.319 e. The van der Waals surface area contributed by atoms with Crippen LogP contribution in [0.25, 0.3) is 11.1 Å². The largest absolute Gasteiger partial charge is 0.319 e. The standard InChI is InChI=1S/C15H21N3/c1-11-5-6-13(12(2)9-11)14-10-18(4)17-15(14)7-8-16-3/h5-6,9-10,16H,7-8H2,1-4H3. The third-order valence-electron chi connectivity index (χ3n) is 3.19. The molecular formula is C15H21N3. The Balaban J connectivity index is 2.42. The van der Waals surface area contributed by atoms with Crippen molar-refractivity contribution in [1.82, 2.24) is 15.1 Å². The lowest BCUT2D eigenvalue weighted by atomic mass is 9.98. The molecule has 0 unspecified atom stereocenters. The molecule has 2 rings (SSSR count). The number of hydrogen-bond donors (Lipinski definition) is 1. The van der Waals surface area contributed by atoms with Crippen LogP contribution in [0, 0.1) is 13.8 Å². The first-order chi connectivity index (χ1) is 8.61. The summed E-state index contributed by atoms with van der Waals surface area (Å²) >= 11 is 0. The molecule has 2 aromatic rings. The Morgan fingerprint density at radius 1 is 1.22 bits per heavy atom. The van der Waals surface area contributed by atoms with Crippen molar-refractivity contribution in [2.24, 2.45) is 7.05 Å². The number of aryl methyl sites for hydroxylation is 3. The predicted molar refractivity (Wildman–Crippen MR) is 75.7 cm³/mol. The Kier molecular flexibility index (Phi) is 3.82.